The second-order valence-corrected chi connectivity index (χ2v) is 4.39. The van der Waals surface area contributed by atoms with E-state index in [1.807, 2.05) is 6.07 Å². The van der Waals surface area contributed by atoms with Crippen LogP contribution in [0.3, 0.4) is 0 Å². The van der Waals surface area contributed by atoms with Crippen molar-refractivity contribution in [2.24, 2.45) is 0 Å². The number of aromatic hydroxyl groups is 1. The van der Waals surface area contributed by atoms with Crippen molar-refractivity contribution in [1.29, 1.82) is 5.26 Å². The van der Waals surface area contributed by atoms with Crippen molar-refractivity contribution in [2.45, 2.75) is 0 Å². The average molecular weight is 294 g/mol. The van der Waals surface area contributed by atoms with E-state index >= 15 is 0 Å². The first-order chi connectivity index (χ1) is 10.7. The highest BCUT2D eigenvalue weighted by Gasteiger charge is 1.99. The molecule has 5 nitrogen and oxygen atoms in total. The van der Waals surface area contributed by atoms with Crippen molar-refractivity contribution in [1.82, 2.24) is 0 Å². The van der Waals surface area contributed by atoms with Gasteiger partial charge in [0.1, 0.15) is 17.6 Å². The molecule has 2 aromatic carbocycles. The lowest BCUT2D eigenvalue weighted by atomic mass is 10.2. The maximum Gasteiger partial charge on any atom is 0.248 e. The van der Waals surface area contributed by atoms with E-state index < -0.39 is 0 Å². The van der Waals surface area contributed by atoms with Gasteiger partial charge in [-0.25, -0.2) is 0 Å². The number of anilines is 1. The fourth-order valence-electron chi connectivity index (χ4n) is 1.73. The number of rotatable bonds is 5. The van der Waals surface area contributed by atoms with Crippen molar-refractivity contribution >= 4 is 17.7 Å². The summed E-state index contributed by atoms with van der Waals surface area (Å²) in [6.45, 7) is 0.00150. The molecular formula is C17H14N2O3. The van der Waals surface area contributed by atoms with Crippen LogP contribution in [0.4, 0.5) is 5.69 Å². The van der Waals surface area contributed by atoms with Crippen molar-refractivity contribution < 1.29 is 14.6 Å². The molecule has 2 rings (SSSR count). The van der Waals surface area contributed by atoms with E-state index in [0.29, 0.717) is 11.4 Å². The third-order valence-corrected chi connectivity index (χ3v) is 2.72. The Morgan fingerprint density at radius 2 is 2.05 bits per heavy atom. The molecule has 0 saturated heterocycles. The Balaban J connectivity index is 1.93. The van der Waals surface area contributed by atoms with E-state index in [1.54, 1.807) is 42.5 Å². The Bertz CT molecular complexity index is 715. The van der Waals surface area contributed by atoms with Gasteiger partial charge in [-0.1, -0.05) is 18.2 Å². The average Bonchev–Trinajstić information content (AvgIpc) is 2.52. The normalized spacial score (nSPS) is 10.1. The summed E-state index contributed by atoms with van der Waals surface area (Å²) in [4.78, 5) is 11.8. The van der Waals surface area contributed by atoms with E-state index in [9.17, 15) is 9.90 Å². The summed E-state index contributed by atoms with van der Waals surface area (Å²) in [5.74, 6) is 0.396. The van der Waals surface area contributed by atoms with Crippen LogP contribution in [-0.4, -0.2) is 17.6 Å². The molecule has 1 amide bonds. The quantitative estimate of drug-likeness (QED) is 0.831. The lowest BCUT2D eigenvalue weighted by molar-refractivity contribution is -0.111. The topological polar surface area (TPSA) is 82.3 Å². The van der Waals surface area contributed by atoms with Gasteiger partial charge in [0.15, 0.2) is 6.61 Å². The van der Waals surface area contributed by atoms with Crippen LogP contribution in [0.15, 0.2) is 54.6 Å². The molecule has 0 aromatic heterocycles. The van der Waals surface area contributed by atoms with E-state index in [2.05, 4.69) is 5.32 Å². The summed E-state index contributed by atoms with van der Waals surface area (Å²) in [5.41, 5.74) is 1.35. The number of phenolic OH excluding ortho intramolecular Hbond substituents is 1. The number of nitrogens with zero attached hydrogens (tertiary/aromatic N) is 1. The highest BCUT2D eigenvalue weighted by Crippen LogP contribution is 2.16. The summed E-state index contributed by atoms with van der Waals surface area (Å²) < 4.78 is 5.14. The Morgan fingerprint density at radius 1 is 1.27 bits per heavy atom. The van der Waals surface area contributed by atoms with Crippen LogP contribution in [0, 0.1) is 11.3 Å². The zero-order valence-corrected chi connectivity index (χ0v) is 11.7. The molecule has 0 aliphatic rings. The predicted molar refractivity (Wildman–Crippen MR) is 83.3 cm³/mol. The molecule has 5 heteroatoms. The van der Waals surface area contributed by atoms with Gasteiger partial charge in [0.05, 0.1) is 0 Å². The highest BCUT2D eigenvalue weighted by molar-refractivity contribution is 6.02. The first kappa shape index (κ1) is 15.1. The van der Waals surface area contributed by atoms with Gasteiger partial charge in [-0.2, -0.15) is 5.26 Å². The van der Waals surface area contributed by atoms with Gasteiger partial charge in [0.2, 0.25) is 5.91 Å². The smallest absolute Gasteiger partial charge is 0.248 e. The maximum absolute atomic E-state index is 11.8. The van der Waals surface area contributed by atoms with Gasteiger partial charge in [-0.05, 0) is 35.9 Å². The van der Waals surface area contributed by atoms with Crippen molar-refractivity contribution in [2.75, 3.05) is 11.9 Å². The molecule has 0 aliphatic carbocycles. The van der Waals surface area contributed by atoms with Crippen molar-refractivity contribution in [3.8, 4) is 17.6 Å². The van der Waals surface area contributed by atoms with Gasteiger partial charge >= 0.3 is 0 Å². The van der Waals surface area contributed by atoms with E-state index in [1.165, 1.54) is 18.2 Å². The number of carbonyl (C=O) groups excluding carboxylic acids is 1. The standard InChI is InChI=1S/C17H14N2O3/c18-10-11-22-16-7-4-13(5-8-16)6-9-17(21)19-14-2-1-3-15(20)12-14/h1-9,12,20H,11H2,(H,19,21)/b9-6+. The van der Waals surface area contributed by atoms with Gasteiger partial charge in [-0.15, -0.1) is 0 Å². The summed E-state index contributed by atoms with van der Waals surface area (Å²) in [7, 11) is 0. The minimum Gasteiger partial charge on any atom is -0.508 e. The zero-order valence-electron chi connectivity index (χ0n) is 11.7. The first-order valence-electron chi connectivity index (χ1n) is 6.55. The predicted octanol–water partition coefficient (Wildman–Crippen LogP) is 2.95. The molecule has 110 valence electrons. The Hall–Kier alpha value is -3.26. The number of nitriles is 1. The van der Waals surface area contributed by atoms with Gasteiger partial charge in [-0.3, -0.25) is 4.79 Å². The summed E-state index contributed by atoms with van der Waals surface area (Å²) in [6, 6.07) is 15.2. The number of carbonyl (C=O) groups is 1. The number of nitrogens with one attached hydrogen (secondary N) is 1. The lowest BCUT2D eigenvalue weighted by Crippen LogP contribution is -2.07. The Morgan fingerprint density at radius 3 is 2.73 bits per heavy atom. The van der Waals surface area contributed by atoms with Crippen molar-refractivity contribution in [3.63, 3.8) is 0 Å². The monoisotopic (exact) mass is 294 g/mol. The Kier molecular flexibility index (Phi) is 5.16. The fourth-order valence-corrected chi connectivity index (χ4v) is 1.73. The number of hydrogen-bond acceptors (Lipinski definition) is 4. The molecule has 0 atom stereocenters. The van der Waals surface area contributed by atoms with Crippen molar-refractivity contribution in [3.05, 3.63) is 60.2 Å². The molecular weight excluding hydrogens is 280 g/mol. The number of amides is 1. The van der Waals surface area contributed by atoms with Crippen LogP contribution in [0.1, 0.15) is 5.56 Å². The molecule has 22 heavy (non-hydrogen) atoms. The van der Waals surface area contributed by atoms with E-state index in [4.69, 9.17) is 10.00 Å². The number of benzene rings is 2. The molecule has 0 bridgehead atoms. The molecule has 0 aliphatic heterocycles. The minimum absolute atomic E-state index is 0.00150. The van der Waals surface area contributed by atoms with Gasteiger partial charge in [0, 0.05) is 17.8 Å². The van der Waals surface area contributed by atoms with E-state index in [-0.39, 0.29) is 18.3 Å². The van der Waals surface area contributed by atoms with Crippen LogP contribution < -0.4 is 10.1 Å². The summed E-state index contributed by atoms with van der Waals surface area (Å²) >= 11 is 0. The number of hydrogen-bond donors (Lipinski definition) is 2. The largest absolute Gasteiger partial charge is 0.508 e. The van der Waals surface area contributed by atoms with Crippen LogP contribution in [-0.2, 0) is 4.79 Å². The highest BCUT2D eigenvalue weighted by atomic mass is 16.5. The van der Waals surface area contributed by atoms with Crippen LogP contribution in [0.5, 0.6) is 11.5 Å². The maximum atomic E-state index is 11.8. The molecule has 0 saturated carbocycles. The summed E-state index contributed by atoms with van der Waals surface area (Å²) in [5, 5.41) is 20.4. The van der Waals surface area contributed by atoms with E-state index in [0.717, 1.165) is 5.56 Å². The molecule has 0 radical (unpaired) electrons. The zero-order chi connectivity index (χ0) is 15.8. The molecule has 2 aromatic rings. The molecule has 2 N–H and O–H groups in total. The SMILES string of the molecule is N#CCOc1ccc(/C=C/C(=O)Nc2cccc(O)c2)cc1. The third kappa shape index (κ3) is 4.69. The fraction of sp³-hybridized carbons (Fsp3) is 0.0588. The van der Waals surface area contributed by atoms with Gasteiger partial charge < -0.3 is 15.2 Å². The molecule has 0 fully saturated rings. The summed E-state index contributed by atoms with van der Waals surface area (Å²) in [6.07, 6.45) is 3.06. The van der Waals surface area contributed by atoms with Crippen LogP contribution in [0.2, 0.25) is 0 Å². The first-order valence-corrected chi connectivity index (χ1v) is 6.55. The molecule has 0 heterocycles. The lowest BCUT2D eigenvalue weighted by Gasteiger charge is -2.03. The second-order valence-electron chi connectivity index (χ2n) is 4.39. The molecule has 0 unspecified atom stereocenters. The van der Waals surface area contributed by atoms with Gasteiger partial charge in [0.25, 0.3) is 0 Å². The molecule has 0 spiro atoms. The second kappa shape index (κ2) is 7.50. The Labute approximate surface area is 128 Å². The third-order valence-electron chi connectivity index (χ3n) is 2.72. The number of phenols is 1. The number of ether oxygens (including phenoxy) is 1. The minimum atomic E-state index is -0.296. The van der Waals surface area contributed by atoms with Crippen LogP contribution in [0.25, 0.3) is 6.08 Å². The van der Waals surface area contributed by atoms with Crippen LogP contribution >= 0.6 is 0 Å².